The third kappa shape index (κ3) is 3.97. The fourth-order valence-corrected chi connectivity index (χ4v) is 3.34. The maximum absolute atomic E-state index is 12.2. The van der Waals surface area contributed by atoms with Gasteiger partial charge in [-0.1, -0.05) is 25.7 Å². The first-order valence-electron chi connectivity index (χ1n) is 8.09. The van der Waals surface area contributed by atoms with E-state index in [4.69, 9.17) is 9.47 Å². The van der Waals surface area contributed by atoms with E-state index < -0.39 is 0 Å². The van der Waals surface area contributed by atoms with Crippen molar-refractivity contribution in [2.75, 3.05) is 6.61 Å². The first kappa shape index (κ1) is 15.3. The van der Waals surface area contributed by atoms with Gasteiger partial charge in [-0.05, 0) is 39.0 Å². The van der Waals surface area contributed by atoms with Crippen molar-refractivity contribution in [3.8, 4) is 0 Å². The van der Waals surface area contributed by atoms with Crippen molar-refractivity contribution in [3.63, 3.8) is 0 Å². The van der Waals surface area contributed by atoms with E-state index >= 15 is 0 Å². The van der Waals surface area contributed by atoms with Crippen LogP contribution in [0, 0.1) is 11.8 Å². The zero-order valence-electron chi connectivity index (χ0n) is 12.4. The van der Waals surface area contributed by atoms with Crippen LogP contribution in [0.5, 0.6) is 0 Å². The molecule has 2 rings (SSSR count). The Morgan fingerprint density at radius 1 is 0.900 bits per heavy atom. The lowest BCUT2D eigenvalue weighted by Crippen LogP contribution is -2.38. The van der Waals surface area contributed by atoms with E-state index in [0.717, 1.165) is 51.4 Å². The number of esters is 2. The molecule has 0 aliphatic heterocycles. The summed E-state index contributed by atoms with van der Waals surface area (Å²) in [4.78, 5) is 24.2. The molecular weight excluding hydrogens is 256 g/mol. The Labute approximate surface area is 121 Å². The molecule has 0 aromatic carbocycles. The second-order valence-corrected chi connectivity index (χ2v) is 5.95. The van der Waals surface area contributed by atoms with E-state index in [0.29, 0.717) is 6.61 Å². The van der Waals surface area contributed by atoms with Crippen molar-refractivity contribution >= 4 is 11.9 Å². The average Bonchev–Trinajstić information content (AvgIpc) is 2.49. The lowest BCUT2D eigenvalue weighted by atomic mass is 9.85. The first-order chi connectivity index (χ1) is 9.72. The number of hydrogen-bond acceptors (Lipinski definition) is 4. The Hall–Kier alpha value is -1.06. The molecule has 0 aromatic rings. The third-order valence-electron chi connectivity index (χ3n) is 4.50. The highest BCUT2D eigenvalue weighted by molar-refractivity contribution is 5.76. The number of carbonyl (C=O) groups excluding carboxylic acids is 2. The second-order valence-electron chi connectivity index (χ2n) is 5.95. The van der Waals surface area contributed by atoms with Crippen LogP contribution < -0.4 is 0 Å². The minimum atomic E-state index is -0.266. The summed E-state index contributed by atoms with van der Waals surface area (Å²) in [6, 6.07) is 0. The fraction of sp³-hybridized carbons (Fsp3) is 0.875. The van der Waals surface area contributed by atoms with Gasteiger partial charge < -0.3 is 9.47 Å². The van der Waals surface area contributed by atoms with Crippen LogP contribution >= 0.6 is 0 Å². The van der Waals surface area contributed by atoms with Gasteiger partial charge in [-0.15, -0.1) is 0 Å². The molecule has 0 heterocycles. The quantitative estimate of drug-likeness (QED) is 0.743. The van der Waals surface area contributed by atoms with Crippen LogP contribution in [0.3, 0.4) is 0 Å². The summed E-state index contributed by atoms with van der Waals surface area (Å²) in [6.07, 6.45) is 8.68. The summed E-state index contributed by atoms with van der Waals surface area (Å²) in [5, 5.41) is 0. The molecule has 0 saturated heterocycles. The Morgan fingerprint density at radius 2 is 1.55 bits per heavy atom. The molecule has 2 atom stereocenters. The van der Waals surface area contributed by atoms with Crippen molar-refractivity contribution in [3.05, 3.63) is 0 Å². The molecule has 4 heteroatoms. The SMILES string of the molecule is CCOC(=O)C1CCCCC1OC(=O)C1CCCCC1. The van der Waals surface area contributed by atoms with Crippen LogP contribution in [0.4, 0.5) is 0 Å². The number of ether oxygens (including phenoxy) is 2. The van der Waals surface area contributed by atoms with Crippen molar-refractivity contribution in [2.45, 2.75) is 70.8 Å². The largest absolute Gasteiger partial charge is 0.466 e. The van der Waals surface area contributed by atoms with Crippen LogP contribution in [0.1, 0.15) is 64.7 Å². The van der Waals surface area contributed by atoms with Gasteiger partial charge in [0.1, 0.15) is 6.10 Å². The number of hydrogen-bond donors (Lipinski definition) is 0. The zero-order chi connectivity index (χ0) is 14.4. The molecular formula is C16H26O4. The zero-order valence-corrected chi connectivity index (χ0v) is 12.4. The second kappa shape index (κ2) is 7.65. The van der Waals surface area contributed by atoms with Crippen LogP contribution in [0.25, 0.3) is 0 Å². The lowest BCUT2D eigenvalue weighted by Gasteiger charge is -2.31. The monoisotopic (exact) mass is 282 g/mol. The minimum absolute atomic E-state index is 0.0496. The van der Waals surface area contributed by atoms with Gasteiger partial charge in [0.15, 0.2) is 0 Å². The summed E-state index contributed by atoms with van der Waals surface area (Å²) in [6.45, 7) is 2.20. The van der Waals surface area contributed by atoms with E-state index in [9.17, 15) is 9.59 Å². The van der Waals surface area contributed by atoms with Gasteiger partial charge in [-0.25, -0.2) is 0 Å². The van der Waals surface area contributed by atoms with Crippen molar-refractivity contribution in [2.24, 2.45) is 11.8 Å². The molecule has 2 unspecified atom stereocenters. The van der Waals surface area contributed by atoms with Gasteiger partial charge in [0.2, 0.25) is 0 Å². The predicted molar refractivity (Wildman–Crippen MR) is 75.0 cm³/mol. The van der Waals surface area contributed by atoms with Crippen molar-refractivity contribution in [1.82, 2.24) is 0 Å². The molecule has 0 bridgehead atoms. The Balaban J connectivity index is 1.90. The molecule has 0 radical (unpaired) electrons. The summed E-state index contributed by atoms with van der Waals surface area (Å²) >= 11 is 0. The molecule has 0 spiro atoms. The molecule has 114 valence electrons. The highest BCUT2D eigenvalue weighted by Gasteiger charge is 2.36. The van der Waals surface area contributed by atoms with E-state index in [2.05, 4.69) is 0 Å². The third-order valence-corrected chi connectivity index (χ3v) is 4.50. The van der Waals surface area contributed by atoms with E-state index in [1.807, 2.05) is 6.92 Å². The smallest absolute Gasteiger partial charge is 0.312 e. The van der Waals surface area contributed by atoms with Gasteiger partial charge >= 0.3 is 11.9 Å². The highest BCUT2D eigenvalue weighted by Crippen LogP contribution is 2.31. The standard InChI is InChI=1S/C16H26O4/c1-2-19-16(18)13-10-6-7-11-14(13)20-15(17)12-8-4-3-5-9-12/h12-14H,2-11H2,1H3. The molecule has 4 nitrogen and oxygen atoms in total. The fourth-order valence-electron chi connectivity index (χ4n) is 3.34. The summed E-state index contributed by atoms with van der Waals surface area (Å²) in [5.41, 5.74) is 0. The molecule has 0 aromatic heterocycles. The van der Waals surface area contributed by atoms with Gasteiger partial charge in [-0.2, -0.15) is 0 Å². The molecule has 2 fully saturated rings. The lowest BCUT2D eigenvalue weighted by molar-refractivity contribution is -0.168. The average molecular weight is 282 g/mol. The van der Waals surface area contributed by atoms with Crippen LogP contribution in [-0.4, -0.2) is 24.6 Å². The van der Waals surface area contributed by atoms with E-state index in [-0.39, 0.29) is 29.9 Å². The van der Waals surface area contributed by atoms with Crippen LogP contribution in [0.15, 0.2) is 0 Å². The highest BCUT2D eigenvalue weighted by atomic mass is 16.6. The predicted octanol–water partition coefficient (Wildman–Crippen LogP) is 3.23. The molecule has 20 heavy (non-hydrogen) atoms. The molecule has 2 saturated carbocycles. The topological polar surface area (TPSA) is 52.6 Å². The molecule has 0 amide bonds. The maximum atomic E-state index is 12.2. The van der Waals surface area contributed by atoms with E-state index in [1.54, 1.807) is 0 Å². The molecule has 2 aliphatic carbocycles. The van der Waals surface area contributed by atoms with E-state index in [1.165, 1.54) is 6.42 Å². The van der Waals surface area contributed by atoms with Crippen molar-refractivity contribution in [1.29, 1.82) is 0 Å². The van der Waals surface area contributed by atoms with Crippen LogP contribution in [-0.2, 0) is 19.1 Å². The van der Waals surface area contributed by atoms with Gasteiger partial charge in [0.25, 0.3) is 0 Å². The summed E-state index contributed by atoms with van der Waals surface area (Å²) < 4.78 is 10.8. The Kier molecular flexibility index (Phi) is 5.86. The molecule has 2 aliphatic rings. The van der Waals surface area contributed by atoms with Crippen LogP contribution in [0.2, 0.25) is 0 Å². The Morgan fingerprint density at radius 3 is 2.25 bits per heavy atom. The maximum Gasteiger partial charge on any atom is 0.312 e. The first-order valence-corrected chi connectivity index (χ1v) is 8.09. The van der Waals surface area contributed by atoms with Crippen molar-refractivity contribution < 1.29 is 19.1 Å². The summed E-state index contributed by atoms with van der Waals surface area (Å²) in [5.74, 6) is -0.496. The van der Waals surface area contributed by atoms with Gasteiger partial charge in [0, 0.05) is 0 Å². The van der Waals surface area contributed by atoms with Gasteiger partial charge in [-0.3, -0.25) is 9.59 Å². The minimum Gasteiger partial charge on any atom is -0.466 e. The normalized spacial score (nSPS) is 27.9. The summed E-state index contributed by atoms with van der Waals surface area (Å²) in [7, 11) is 0. The molecule has 0 N–H and O–H groups in total. The Bertz CT molecular complexity index is 333. The van der Waals surface area contributed by atoms with Gasteiger partial charge in [0.05, 0.1) is 18.4 Å². The number of carbonyl (C=O) groups is 2. The number of rotatable bonds is 4.